The SMILES string of the molecule is C=CC(=O)OCCNC(C(C#N)C#N)C(C#N)C#N. The van der Waals surface area contributed by atoms with E-state index in [9.17, 15) is 4.79 Å². The first-order chi connectivity index (χ1) is 9.14. The lowest BCUT2D eigenvalue weighted by atomic mass is 9.91. The highest BCUT2D eigenvalue weighted by molar-refractivity contribution is 5.81. The molecule has 0 aromatic carbocycles. The van der Waals surface area contributed by atoms with Crippen LogP contribution in [0.15, 0.2) is 12.7 Å². The van der Waals surface area contributed by atoms with Crippen LogP contribution >= 0.6 is 0 Å². The van der Waals surface area contributed by atoms with Crippen molar-refractivity contribution in [1.29, 1.82) is 21.0 Å². The van der Waals surface area contributed by atoms with Crippen LogP contribution in [0, 0.1) is 57.2 Å². The summed E-state index contributed by atoms with van der Waals surface area (Å²) >= 11 is 0. The molecular weight excluding hydrogens is 246 g/mol. The van der Waals surface area contributed by atoms with Gasteiger partial charge in [0, 0.05) is 12.6 Å². The van der Waals surface area contributed by atoms with Crippen molar-refractivity contribution in [2.75, 3.05) is 13.2 Å². The van der Waals surface area contributed by atoms with E-state index in [2.05, 4.69) is 16.6 Å². The van der Waals surface area contributed by atoms with Crippen molar-refractivity contribution in [3.05, 3.63) is 12.7 Å². The van der Waals surface area contributed by atoms with Crippen molar-refractivity contribution in [2.45, 2.75) is 6.04 Å². The van der Waals surface area contributed by atoms with Gasteiger partial charge in [-0.15, -0.1) is 0 Å². The maximum atomic E-state index is 10.8. The van der Waals surface area contributed by atoms with E-state index < -0.39 is 23.8 Å². The van der Waals surface area contributed by atoms with E-state index in [1.807, 2.05) is 0 Å². The molecule has 7 heteroatoms. The third-order valence-corrected chi connectivity index (χ3v) is 2.17. The monoisotopic (exact) mass is 257 g/mol. The van der Waals surface area contributed by atoms with Crippen molar-refractivity contribution in [2.24, 2.45) is 11.8 Å². The molecule has 0 atom stereocenters. The summed E-state index contributed by atoms with van der Waals surface area (Å²) in [6.07, 6.45) is 0.998. The van der Waals surface area contributed by atoms with Gasteiger partial charge in [0.15, 0.2) is 11.8 Å². The number of nitriles is 4. The predicted molar refractivity (Wildman–Crippen MR) is 62.4 cm³/mol. The molecule has 96 valence electrons. The van der Waals surface area contributed by atoms with Gasteiger partial charge in [-0.2, -0.15) is 21.0 Å². The highest BCUT2D eigenvalue weighted by atomic mass is 16.5. The maximum absolute atomic E-state index is 10.8. The second-order valence-corrected chi connectivity index (χ2v) is 3.32. The Morgan fingerprint density at radius 2 is 1.63 bits per heavy atom. The van der Waals surface area contributed by atoms with Gasteiger partial charge in [-0.3, -0.25) is 0 Å². The highest BCUT2D eigenvalue weighted by Crippen LogP contribution is 2.11. The fourth-order valence-corrected chi connectivity index (χ4v) is 1.24. The summed E-state index contributed by atoms with van der Waals surface area (Å²) in [6.45, 7) is 3.31. The zero-order chi connectivity index (χ0) is 14.7. The Kier molecular flexibility index (Phi) is 7.80. The Balaban J connectivity index is 4.55. The van der Waals surface area contributed by atoms with Gasteiger partial charge in [-0.25, -0.2) is 4.79 Å². The molecule has 0 saturated carbocycles. The lowest BCUT2D eigenvalue weighted by molar-refractivity contribution is -0.137. The number of nitrogens with one attached hydrogen (secondary N) is 1. The van der Waals surface area contributed by atoms with Crippen LogP contribution in [0.1, 0.15) is 0 Å². The molecule has 0 aromatic heterocycles. The predicted octanol–water partition coefficient (Wildman–Crippen LogP) is 0.000520. The molecule has 0 heterocycles. The molecule has 0 aromatic rings. The molecule has 1 N–H and O–H groups in total. The normalized spacial score (nSPS) is 9.21. The molecule has 0 spiro atoms. The van der Waals surface area contributed by atoms with Crippen LogP contribution in [0.25, 0.3) is 0 Å². The van der Waals surface area contributed by atoms with Gasteiger partial charge in [0.1, 0.15) is 6.61 Å². The molecular formula is C12H11N5O2. The van der Waals surface area contributed by atoms with Crippen LogP contribution in [0.5, 0.6) is 0 Å². The molecule has 0 bridgehead atoms. The average molecular weight is 257 g/mol. The van der Waals surface area contributed by atoms with Crippen LogP contribution in [-0.4, -0.2) is 25.2 Å². The van der Waals surface area contributed by atoms with Gasteiger partial charge in [0.2, 0.25) is 0 Å². The van der Waals surface area contributed by atoms with Gasteiger partial charge >= 0.3 is 5.97 Å². The maximum Gasteiger partial charge on any atom is 0.330 e. The highest BCUT2D eigenvalue weighted by Gasteiger charge is 2.29. The summed E-state index contributed by atoms with van der Waals surface area (Å²) in [5, 5.41) is 37.9. The molecule has 19 heavy (non-hydrogen) atoms. The minimum atomic E-state index is -1.14. The third-order valence-electron chi connectivity index (χ3n) is 2.17. The van der Waals surface area contributed by atoms with E-state index in [0.717, 1.165) is 6.08 Å². The molecule has 0 aliphatic rings. The number of hydrogen-bond acceptors (Lipinski definition) is 7. The van der Waals surface area contributed by atoms with Crippen LogP contribution in [0.2, 0.25) is 0 Å². The third kappa shape index (κ3) is 5.33. The quantitative estimate of drug-likeness (QED) is 0.385. The van der Waals surface area contributed by atoms with Gasteiger partial charge in [0.05, 0.1) is 30.3 Å². The molecule has 0 radical (unpaired) electrons. The summed E-state index contributed by atoms with van der Waals surface area (Å²) in [5.41, 5.74) is 0. The van der Waals surface area contributed by atoms with E-state index in [-0.39, 0.29) is 13.2 Å². The summed E-state index contributed by atoms with van der Waals surface area (Å²) in [5.74, 6) is -2.88. The van der Waals surface area contributed by atoms with Crippen molar-refractivity contribution in [3.63, 3.8) is 0 Å². The number of nitrogens with zero attached hydrogens (tertiary/aromatic N) is 4. The molecule has 0 fully saturated rings. The van der Waals surface area contributed by atoms with Crippen LogP contribution in [0.3, 0.4) is 0 Å². The second kappa shape index (κ2) is 9.19. The Morgan fingerprint density at radius 1 is 1.16 bits per heavy atom. The van der Waals surface area contributed by atoms with E-state index in [0.29, 0.717) is 0 Å². The number of rotatable bonds is 7. The first-order valence-corrected chi connectivity index (χ1v) is 5.25. The molecule has 0 unspecified atom stereocenters. The van der Waals surface area contributed by atoms with Crippen molar-refractivity contribution >= 4 is 5.97 Å². The lowest BCUT2D eigenvalue weighted by Gasteiger charge is -2.19. The van der Waals surface area contributed by atoms with E-state index in [1.54, 1.807) is 24.3 Å². The van der Waals surface area contributed by atoms with Gasteiger partial charge in [0.25, 0.3) is 0 Å². The first-order valence-electron chi connectivity index (χ1n) is 5.25. The summed E-state index contributed by atoms with van der Waals surface area (Å²) in [6, 6.07) is 5.92. The van der Waals surface area contributed by atoms with Crippen LogP contribution < -0.4 is 5.32 Å². The number of ether oxygens (including phenoxy) is 1. The zero-order valence-electron chi connectivity index (χ0n) is 10.0. The Morgan fingerprint density at radius 3 is 2.00 bits per heavy atom. The zero-order valence-corrected chi connectivity index (χ0v) is 10.0. The lowest BCUT2D eigenvalue weighted by Crippen LogP contribution is -2.42. The standard InChI is InChI=1S/C12H11N5O2/c1-2-11(18)19-4-3-17-12(9(5-13)6-14)10(7-15)8-16/h2,9-10,12,17H,1,3-4H2. The van der Waals surface area contributed by atoms with Crippen molar-refractivity contribution < 1.29 is 9.53 Å². The molecule has 0 saturated heterocycles. The second-order valence-electron chi connectivity index (χ2n) is 3.32. The van der Waals surface area contributed by atoms with Crippen LogP contribution in [-0.2, 0) is 9.53 Å². The van der Waals surface area contributed by atoms with Gasteiger partial charge in [-0.05, 0) is 0 Å². The smallest absolute Gasteiger partial charge is 0.330 e. The average Bonchev–Trinajstić information content (AvgIpc) is 2.44. The minimum absolute atomic E-state index is 0.0193. The largest absolute Gasteiger partial charge is 0.461 e. The number of esters is 1. The Hall–Kier alpha value is -2.87. The van der Waals surface area contributed by atoms with Gasteiger partial charge < -0.3 is 10.1 Å². The molecule has 0 amide bonds. The van der Waals surface area contributed by atoms with Crippen LogP contribution in [0.4, 0.5) is 0 Å². The van der Waals surface area contributed by atoms with Crippen molar-refractivity contribution in [3.8, 4) is 24.3 Å². The summed E-state index contributed by atoms with van der Waals surface area (Å²) in [4.78, 5) is 10.8. The molecule has 0 rings (SSSR count). The summed E-state index contributed by atoms with van der Waals surface area (Å²) < 4.78 is 4.68. The number of carbonyl (C=O) groups is 1. The Bertz CT molecular complexity index is 428. The minimum Gasteiger partial charge on any atom is -0.461 e. The first kappa shape index (κ1) is 16.1. The topological polar surface area (TPSA) is 133 Å². The number of carbonyl (C=O) groups excluding carboxylic acids is 1. The summed E-state index contributed by atoms with van der Waals surface area (Å²) in [7, 11) is 0. The molecule has 0 aliphatic heterocycles. The van der Waals surface area contributed by atoms with Crippen molar-refractivity contribution in [1.82, 2.24) is 5.32 Å². The van der Waals surface area contributed by atoms with E-state index in [4.69, 9.17) is 21.0 Å². The van der Waals surface area contributed by atoms with E-state index in [1.165, 1.54) is 0 Å². The molecule has 7 nitrogen and oxygen atoms in total. The van der Waals surface area contributed by atoms with E-state index >= 15 is 0 Å². The molecule has 0 aliphatic carbocycles. The Labute approximate surface area is 110 Å². The fourth-order valence-electron chi connectivity index (χ4n) is 1.24. The fraction of sp³-hybridized carbons (Fsp3) is 0.417. The van der Waals surface area contributed by atoms with Gasteiger partial charge in [-0.1, -0.05) is 6.58 Å². The number of hydrogen-bond donors (Lipinski definition) is 1.